The number of urea groups is 1. The number of nitrogens with zero attached hydrogens (tertiary/aromatic N) is 3. The predicted octanol–water partition coefficient (Wildman–Crippen LogP) is 1.94. The monoisotopic (exact) mass is 377 g/mol. The van der Waals surface area contributed by atoms with Gasteiger partial charge in [-0.1, -0.05) is 30.1 Å². The van der Waals surface area contributed by atoms with E-state index in [0.717, 1.165) is 36.8 Å². The first-order valence-corrected chi connectivity index (χ1v) is 8.36. The van der Waals surface area contributed by atoms with Crippen LogP contribution in [0.1, 0.15) is 37.1 Å². The number of nitrogens with two attached hydrogens (primary N) is 1. The highest BCUT2D eigenvalue weighted by Crippen LogP contribution is 2.35. The van der Waals surface area contributed by atoms with Crippen molar-refractivity contribution in [3.05, 3.63) is 35.7 Å². The molecule has 3 N–H and O–H groups in total. The molecule has 8 nitrogen and oxygen atoms in total. The second-order valence-corrected chi connectivity index (χ2v) is 6.63. The molecule has 4 rings (SSSR count). The summed E-state index contributed by atoms with van der Waals surface area (Å²) in [5.74, 6) is 0.701. The number of carbonyl (C=O) groups excluding carboxylic acids is 2. The molecule has 9 heteroatoms. The molecule has 1 aromatic heterocycles. The number of rotatable bonds is 4. The van der Waals surface area contributed by atoms with Gasteiger partial charge in [0.05, 0.1) is 18.6 Å². The Morgan fingerprint density at radius 1 is 1.27 bits per heavy atom. The Balaban J connectivity index is 0.00000196. The summed E-state index contributed by atoms with van der Waals surface area (Å²) < 4.78 is 5.39. The third kappa shape index (κ3) is 3.30. The van der Waals surface area contributed by atoms with Crippen molar-refractivity contribution in [2.45, 2.75) is 37.8 Å². The first kappa shape index (κ1) is 18.3. The molecule has 0 unspecified atom stereocenters. The summed E-state index contributed by atoms with van der Waals surface area (Å²) in [6, 6.07) is 7.00. The Morgan fingerprint density at radius 2 is 2.04 bits per heavy atom. The molecule has 1 saturated heterocycles. The van der Waals surface area contributed by atoms with Gasteiger partial charge < -0.3 is 15.6 Å². The van der Waals surface area contributed by atoms with E-state index in [-0.39, 0.29) is 37.4 Å². The highest BCUT2D eigenvalue weighted by molar-refractivity contribution is 6.01. The van der Waals surface area contributed by atoms with Crippen molar-refractivity contribution in [1.29, 1.82) is 0 Å². The highest BCUT2D eigenvalue weighted by atomic mass is 35.5. The Bertz CT molecular complexity index is 815. The maximum Gasteiger partial charge on any atom is 0.324 e. The van der Waals surface area contributed by atoms with Gasteiger partial charge in [-0.25, -0.2) is 4.79 Å². The zero-order chi connectivity index (χ0) is 17.4. The van der Waals surface area contributed by atoms with Gasteiger partial charge in [-0.15, -0.1) is 12.4 Å². The van der Waals surface area contributed by atoms with Crippen molar-refractivity contribution in [2.24, 2.45) is 5.73 Å². The van der Waals surface area contributed by atoms with Crippen molar-refractivity contribution < 1.29 is 14.1 Å². The van der Waals surface area contributed by atoms with Gasteiger partial charge >= 0.3 is 6.03 Å². The van der Waals surface area contributed by atoms with Crippen molar-refractivity contribution in [2.75, 3.05) is 6.54 Å². The van der Waals surface area contributed by atoms with Crippen molar-refractivity contribution in [3.8, 4) is 11.5 Å². The van der Waals surface area contributed by atoms with Gasteiger partial charge in [-0.3, -0.25) is 9.69 Å². The van der Waals surface area contributed by atoms with Crippen LogP contribution in [-0.2, 0) is 16.9 Å². The van der Waals surface area contributed by atoms with Crippen LogP contribution in [0.2, 0.25) is 0 Å². The fourth-order valence-electron chi connectivity index (χ4n) is 3.37. The van der Waals surface area contributed by atoms with E-state index in [2.05, 4.69) is 15.5 Å². The van der Waals surface area contributed by atoms with Crippen molar-refractivity contribution >= 4 is 24.3 Å². The Hall–Kier alpha value is -2.45. The number of amides is 3. The average Bonchev–Trinajstić information content (AvgIpc) is 3.33. The topological polar surface area (TPSA) is 114 Å². The fourth-order valence-corrected chi connectivity index (χ4v) is 3.37. The molecule has 2 aliphatic rings. The number of aromatic nitrogens is 2. The standard InChI is InChI=1S/C17H19N5O3.ClH/c18-17(6-1-2-7-17)15-20-14(25-21-15)12-5-3-4-11(8-12)10-22-13(23)9-19-16(22)24;/h3-5,8H,1-2,6-7,9-10,18H2,(H,19,24);1H. The SMILES string of the molecule is Cl.NC1(c2noc(-c3cccc(CN4C(=O)CNC4=O)c3)n2)CCCC1. The number of halogens is 1. The van der Waals surface area contributed by atoms with Crippen LogP contribution in [0.15, 0.2) is 28.8 Å². The molecular weight excluding hydrogens is 358 g/mol. The molecule has 1 aliphatic carbocycles. The van der Waals surface area contributed by atoms with Crippen LogP contribution >= 0.6 is 12.4 Å². The molecule has 0 spiro atoms. The van der Waals surface area contributed by atoms with E-state index >= 15 is 0 Å². The summed E-state index contributed by atoms with van der Waals surface area (Å²) in [6.07, 6.45) is 3.86. The van der Waals surface area contributed by atoms with Crippen molar-refractivity contribution in [3.63, 3.8) is 0 Å². The predicted molar refractivity (Wildman–Crippen MR) is 95.3 cm³/mol. The molecule has 1 aromatic carbocycles. The molecule has 2 heterocycles. The first-order chi connectivity index (χ1) is 12.0. The van der Waals surface area contributed by atoms with Crippen LogP contribution in [-0.4, -0.2) is 33.5 Å². The van der Waals surface area contributed by atoms with E-state index in [0.29, 0.717) is 11.7 Å². The second-order valence-electron chi connectivity index (χ2n) is 6.63. The minimum absolute atomic E-state index is 0. The maximum atomic E-state index is 11.7. The normalized spacial score (nSPS) is 18.7. The highest BCUT2D eigenvalue weighted by Gasteiger charge is 2.36. The molecule has 2 aromatic rings. The lowest BCUT2D eigenvalue weighted by Gasteiger charge is -2.17. The fraction of sp³-hybridized carbons (Fsp3) is 0.412. The molecule has 138 valence electrons. The summed E-state index contributed by atoms with van der Waals surface area (Å²) >= 11 is 0. The third-order valence-electron chi connectivity index (χ3n) is 4.82. The smallest absolute Gasteiger partial charge is 0.324 e. The number of hydrogen-bond acceptors (Lipinski definition) is 6. The molecule has 1 aliphatic heterocycles. The lowest BCUT2D eigenvalue weighted by molar-refractivity contribution is -0.125. The summed E-state index contributed by atoms with van der Waals surface area (Å²) in [7, 11) is 0. The Morgan fingerprint density at radius 3 is 2.73 bits per heavy atom. The summed E-state index contributed by atoms with van der Waals surface area (Å²) in [4.78, 5) is 29.0. The van der Waals surface area contributed by atoms with Crippen LogP contribution in [0.25, 0.3) is 11.5 Å². The molecule has 2 fully saturated rings. The molecule has 3 amide bonds. The van der Waals surface area contributed by atoms with Crippen LogP contribution in [0.3, 0.4) is 0 Å². The van der Waals surface area contributed by atoms with Crippen LogP contribution in [0.4, 0.5) is 4.79 Å². The quantitative estimate of drug-likeness (QED) is 0.787. The molecular formula is C17H20ClN5O3. The minimum Gasteiger partial charge on any atom is -0.334 e. The van der Waals surface area contributed by atoms with E-state index in [1.807, 2.05) is 24.3 Å². The lowest BCUT2D eigenvalue weighted by atomic mass is 9.98. The Labute approximate surface area is 156 Å². The molecule has 0 radical (unpaired) electrons. The zero-order valence-corrected chi connectivity index (χ0v) is 14.9. The average molecular weight is 378 g/mol. The number of carbonyl (C=O) groups is 2. The number of hydrogen-bond donors (Lipinski definition) is 2. The van der Waals surface area contributed by atoms with E-state index in [9.17, 15) is 9.59 Å². The van der Waals surface area contributed by atoms with Crippen LogP contribution in [0.5, 0.6) is 0 Å². The molecule has 1 saturated carbocycles. The van der Waals surface area contributed by atoms with Crippen LogP contribution in [0, 0.1) is 0 Å². The second kappa shape index (κ2) is 7.05. The van der Waals surface area contributed by atoms with E-state index in [1.54, 1.807) is 0 Å². The Kier molecular flexibility index (Phi) is 4.97. The summed E-state index contributed by atoms with van der Waals surface area (Å²) in [5, 5.41) is 6.57. The van der Waals surface area contributed by atoms with Gasteiger partial charge in [0.15, 0.2) is 5.82 Å². The maximum absolute atomic E-state index is 11.7. The molecule has 0 atom stereocenters. The zero-order valence-electron chi connectivity index (χ0n) is 14.1. The lowest BCUT2D eigenvalue weighted by Crippen LogP contribution is -2.34. The largest absolute Gasteiger partial charge is 0.334 e. The number of nitrogens with one attached hydrogen (secondary N) is 1. The number of benzene rings is 1. The van der Waals surface area contributed by atoms with Gasteiger partial charge in [-0.05, 0) is 30.5 Å². The van der Waals surface area contributed by atoms with Gasteiger partial charge in [0.1, 0.15) is 0 Å². The molecule has 0 bridgehead atoms. The first-order valence-electron chi connectivity index (χ1n) is 8.36. The van der Waals surface area contributed by atoms with E-state index < -0.39 is 5.54 Å². The van der Waals surface area contributed by atoms with Gasteiger partial charge in [0.2, 0.25) is 5.91 Å². The van der Waals surface area contributed by atoms with Crippen LogP contribution < -0.4 is 11.1 Å². The van der Waals surface area contributed by atoms with E-state index in [1.165, 1.54) is 4.90 Å². The van der Waals surface area contributed by atoms with Gasteiger partial charge in [0.25, 0.3) is 5.89 Å². The van der Waals surface area contributed by atoms with Crippen molar-refractivity contribution in [1.82, 2.24) is 20.4 Å². The third-order valence-corrected chi connectivity index (χ3v) is 4.82. The number of imide groups is 1. The molecule has 26 heavy (non-hydrogen) atoms. The van der Waals surface area contributed by atoms with Gasteiger partial charge in [-0.2, -0.15) is 4.98 Å². The van der Waals surface area contributed by atoms with Gasteiger partial charge in [0, 0.05) is 5.56 Å². The summed E-state index contributed by atoms with van der Waals surface area (Å²) in [6.45, 7) is 0.254. The minimum atomic E-state index is -0.501. The van der Waals surface area contributed by atoms with E-state index in [4.69, 9.17) is 10.3 Å². The summed E-state index contributed by atoms with van der Waals surface area (Å²) in [5.41, 5.74) is 7.42.